The number of aryl methyl sites for hydroxylation is 1. The number of pyridine rings is 1. The molecule has 4 nitrogen and oxygen atoms in total. The van der Waals surface area contributed by atoms with E-state index < -0.39 is 5.97 Å². The summed E-state index contributed by atoms with van der Waals surface area (Å²) >= 11 is 5.93. The molecule has 0 bridgehead atoms. The van der Waals surface area contributed by atoms with Crippen LogP contribution in [-0.4, -0.2) is 16.1 Å². The largest absolute Gasteiger partial charge is 0.477 e. The quantitative estimate of drug-likeness (QED) is 0.762. The highest BCUT2D eigenvalue weighted by Gasteiger charge is 2.15. The lowest BCUT2D eigenvalue weighted by molar-refractivity contribution is 0.0693. The van der Waals surface area contributed by atoms with Crippen molar-refractivity contribution in [1.82, 2.24) is 4.98 Å². The predicted molar refractivity (Wildman–Crippen MR) is 85.0 cm³/mol. The first-order valence-electron chi connectivity index (χ1n) is 6.61. The molecule has 1 heterocycles. The molecule has 0 amide bonds. The lowest BCUT2D eigenvalue weighted by Crippen LogP contribution is -2.02. The number of aromatic carboxylic acids is 1. The van der Waals surface area contributed by atoms with Gasteiger partial charge in [-0.25, -0.2) is 9.78 Å². The minimum atomic E-state index is -1.10. The van der Waals surface area contributed by atoms with Crippen LogP contribution in [0.25, 0.3) is 10.9 Å². The van der Waals surface area contributed by atoms with Crippen molar-refractivity contribution in [2.75, 3.05) is 0 Å². The Kier molecular flexibility index (Phi) is 3.69. The van der Waals surface area contributed by atoms with Crippen LogP contribution in [0.1, 0.15) is 15.9 Å². The highest BCUT2D eigenvalue weighted by atomic mass is 35.5. The van der Waals surface area contributed by atoms with E-state index in [2.05, 4.69) is 4.98 Å². The molecule has 0 atom stereocenters. The van der Waals surface area contributed by atoms with Crippen molar-refractivity contribution in [3.05, 3.63) is 64.7 Å². The Balaban J connectivity index is 2.10. The summed E-state index contributed by atoms with van der Waals surface area (Å²) in [5.41, 5.74) is 1.71. The molecule has 0 radical (unpaired) electrons. The Morgan fingerprint density at radius 2 is 1.86 bits per heavy atom. The first-order chi connectivity index (χ1) is 10.5. The molecule has 5 heteroatoms. The number of carboxylic acid groups (broad SMARTS) is 1. The standard InChI is InChI=1S/C17H12ClNO3/c1-10-2-5-13(6-3-10)22-16-14(17(20)21)9-11-8-12(18)4-7-15(11)19-16/h2-9H,1H3,(H,20,21). The van der Waals surface area contributed by atoms with Gasteiger partial charge in [0, 0.05) is 10.4 Å². The highest BCUT2D eigenvalue weighted by molar-refractivity contribution is 6.31. The molecule has 0 aliphatic rings. The van der Waals surface area contributed by atoms with Gasteiger partial charge in [-0.2, -0.15) is 0 Å². The molecule has 1 aromatic heterocycles. The molecular formula is C17H12ClNO3. The number of halogens is 1. The zero-order valence-corrected chi connectivity index (χ0v) is 12.5. The summed E-state index contributed by atoms with van der Waals surface area (Å²) in [6.07, 6.45) is 0. The molecule has 3 aromatic rings. The number of aromatic nitrogens is 1. The van der Waals surface area contributed by atoms with Crippen LogP contribution in [0, 0.1) is 6.92 Å². The fourth-order valence-corrected chi connectivity index (χ4v) is 2.26. The summed E-state index contributed by atoms with van der Waals surface area (Å²) < 4.78 is 5.64. The lowest BCUT2D eigenvalue weighted by Gasteiger charge is -2.09. The summed E-state index contributed by atoms with van der Waals surface area (Å²) in [7, 11) is 0. The number of nitrogens with zero attached hydrogens (tertiary/aromatic N) is 1. The predicted octanol–water partition coefficient (Wildman–Crippen LogP) is 4.69. The number of rotatable bonds is 3. The third kappa shape index (κ3) is 2.87. The third-order valence-electron chi connectivity index (χ3n) is 3.21. The van der Waals surface area contributed by atoms with Crippen molar-refractivity contribution in [1.29, 1.82) is 0 Å². The number of benzene rings is 2. The zero-order valence-electron chi connectivity index (χ0n) is 11.7. The lowest BCUT2D eigenvalue weighted by atomic mass is 10.1. The van der Waals surface area contributed by atoms with Crippen molar-refractivity contribution in [3.8, 4) is 11.6 Å². The van der Waals surface area contributed by atoms with Crippen molar-refractivity contribution in [2.45, 2.75) is 6.92 Å². The smallest absolute Gasteiger partial charge is 0.341 e. The molecule has 0 unspecified atom stereocenters. The van der Waals surface area contributed by atoms with Gasteiger partial charge in [-0.15, -0.1) is 0 Å². The van der Waals surface area contributed by atoms with Crippen LogP contribution in [0.4, 0.5) is 0 Å². The second kappa shape index (κ2) is 5.66. The van der Waals surface area contributed by atoms with E-state index in [1.54, 1.807) is 30.3 Å². The minimum absolute atomic E-state index is 0.00431. The van der Waals surface area contributed by atoms with Gasteiger partial charge in [0.15, 0.2) is 0 Å². The van der Waals surface area contributed by atoms with Gasteiger partial charge >= 0.3 is 5.97 Å². The van der Waals surface area contributed by atoms with Crippen molar-refractivity contribution in [2.24, 2.45) is 0 Å². The van der Waals surface area contributed by atoms with Gasteiger partial charge in [0.2, 0.25) is 5.88 Å². The number of carbonyl (C=O) groups is 1. The van der Waals surface area contributed by atoms with E-state index in [1.807, 2.05) is 19.1 Å². The number of ether oxygens (including phenoxy) is 1. The first-order valence-corrected chi connectivity index (χ1v) is 6.99. The van der Waals surface area contributed by atoms with E-state index in [9.17, 15) is 9.90 Å². The van der Waals surface area contributed by atoms with Crippen LogP contribution >= 0.6 is 11.6 Å². The highest BCUT2D eigenvalue weighted by Crippen LogP contribution is 2.28. The van der Waals surface area contributed by atoms with Crippen LogP contribution in [-0.2, 0) is 0 Å². The average molecular weight is 314 g/mol. The fourth-order valence-electron chi connectivity index (χ4n) is 2.08. The summed E-state index contributed by atoms with van der Waals surface area (Å²) in [4.78, 5) is 15.7. The van der Waals surface area contributed by atoms with Gasteiger partial charge in [0.05, 0.1) is 5.52 Å². The Bertz CT molecular complexity index is 860. The van der Waals surface area contributed by atoms with E-state index in [0.29, 0.717) is 21.7 Å². The SMILES string of the molecule is Cc1ccc(Oc2nc3ccc(Cl)cc3cc2C(=O)O)cc1. The molecule has 110 valence electrons. The number of hydrogen-bond donors (Lipinski definition) is 1. The Hall–Kier alpha value is -2.59. The number of hydrogen-bond acceptors (Lipinski definition) is 3. The molecule has 3 rings (SSSR count). The van der Waals surface area contributed by atoms with Gasteiger partial charge < -0.3 is 9.84 Å². The number of carboxylic acids is 1. The molecule has 1 N–H and O–H groups in total. The van der Waals surface area contributed by atoms with Crippen LogP contribution < -0.4 is 4.74 Å². The summed E-state index contributed by atoms with van der Waals surface area (Å²) in [5.74, 6) is -0.503. The third-order valence-corrected chi connectivity index (χ3v) is 3.44. The summed E-state index contributed by atoms with van der Waals surface area (Å²) in [5, 5.41) is 10.5. The summed E-state index contributed by atoms with van der Waals surface area (Å²) in [6, 6.07) is 13.9. The van der Waals surface area contributed by atoms with Gasteiger partial charge in [-0.3, -0.25) is 0 Å². The molecule has 22 heavy (non-hydrogen) atoms. The maximum atomic E-state index is 11.4. The van der Waals surface area contributed by atoms with Crippen LogP contribution in [0.15, 0.2) is 48.5 Å². The van der Waals surface area contributed by atoms with Crippen LogP contribution in [0.2, 0.25) is 5.02 Å². The minimum Gasteiger partial charge on any atom is -0.477 e. The van der Waals surface area contributed by atoms with E-state index in [4.69, 9.17) is 16.3 Å². The monoisotopic (exact) mass is 313 g/mol. The van der Waals surface area contributed by atoms with E-state index in [1.165, 1.54) is 6.07 Å². The van der Waals surface area contributed by atoms with Crippen LogP contribution in [0.5, 0.6) is 11.6 Å². The zero-order chi connectivity index (χ0) is 15.7. The van der Waals surface area contributed by atoms with Crippen LogP contribution in [0.3, 0.4) is 0 Å². The van der Waals surface area contributed by atoms with Gasteiger partial charge in [0.25, 0.3) is 0 Å². The Morgan fingerprint density at radius 1 is 1.14 bits per heavy atom. The first kappa shape index (κ1) is 14.4. The second-order valence-corrected chi connectivity index (χ2v) is 5.33. The normalized spacial score (nSPS) is 10.6. The van der Waals surface area contributed by atoms with Gasteiger partial charge in [0.1, 0.15) is 11.3 Å². The molecule has 0 spiro atoms. The molecule has 0 saturated carbocycles. The van der Waals surface area contributed by atoms with Crippen molar-refractivity contribution < 1.29 is 14.6 Å². The second-order valence-electron chi connectivity index (χ2n) is 4.90. The average Bonchev–Trinajstić information content (AvgIpc) is 2.49. The molecular weight excluding hydrogens is 302 g/mol. The van der Waals surface area contributed by atoms with Crippen molar-refractivity contribution >= 4 is 28.5 Å². The van der Waals surface area contributed by atoms with Gasteiger partial charge in [-0.05, 0) is 43.3 Å². The maximum Gasteiger partial charge on any atom is 0.341 e. The Morgan fingerprint density at radius 3 is 2.55 bits per heavy atom. The molecule has 0 aliphatic carbocycles. The Labute approximate surface area is 131 Å². The van der Waals surface area contributed by atoms with E-state index in [0.717, 1.165) is 5.56 Å². The topological polar surface area (TPSA) is 59.4 Å². The van der Waals surface area contributed by atoms with E-state index >= 15 is 0 Å². The molecule has 0 saturated heterocycles. The number of fused-ring (bicyclic) bond motifs is 1. The molecule has 2 aromatic carbocycles. The molecule has 0 fully saturated rings. The molecule has 0 aliphatic heterocycles. The van der Waals surface area contributed by atoms with E-state index in [-0.39, 0.29) is 11.4 Å². The maximum absolute atomic E-state index is 11.4. The fraction of sp³-hybridized carbons (Fsp3) is 0.0588. The summed E-state index contributed by atoms with van der Waals surface area (Å²) in [6.45, 7) is 1.96. The van der Waals surface area contributed by atoms with Crippen molar-refractivity contribution in [3.63, 3.8) is 0 Å². The van der Waals surface area contributed by atoms with Gasteiger partial charge in [-0.1, -0.05) is 29.3 Å².